The number of aliphatic imine (C=N–C) groups is 1. The van der Waals surface area contributed by atoms with Crippen LogP contribution in [0.3, 0.4) is 0 Å². The lowest BCUT2D eigenvalue weighted by molar-refractivity contribution is -0.0605. The van der Waals surface area contributed by atoms with Gasteiger partial charge in [0, 0.05) is 26.7 Å². The summed E-state index contributed by atoms with van der Waals surface area (Å²) in [5, 5.41) is 3.39. The predicted molar refractivity (Wildman–Crippen MR) is 98.3 cm³/mol. The number of nitrogens with zero attached hydrogens (tertiary/aromatic N) is 2. The number of guanidine groups is 1. The molecule has 1 aliphatic heterocycles. The lowest BCUT2D eigenvalue weighted by Crippen LogP contribution is -2.50. The van der Waals surface area contributed by atoms with Crippen molar-refractivity contribution in [2.75, 3.05) is 33.3 Å². The van der Waals surface area contributed by atoms with Crippen LogP contribution >= 0.6 is 0 Å². The van der Waals surface area contributed by atoms with Crippen molar-refractivity contribution in [3.63, 3.8) is 0 Å². The first-order valence-corrected chi connectivity index (χ1v) is 8.97. The molecule has 2 unspecified atom stereocenters. The molecule has 0 radical (unpaired) electrons. The van der Waals surface area contributed by atoms with Crippen LogP contribution in [-0.2, 0) is 9.47 Å². The topological polar surface area (TPSA) is 46.1 Å². The van der Waals surface area contributed by atoms with Gasteiger partial charge in [-0.3, -0.25) is 4.99 Å². The molecule has 6 heteroatoms. The van der Waals surface area contributed by atoms with Gasteiger partial charge < -0.3 is 19.7 Å². The van der Waals surface area contributed by atoms with E-state index in [1.165, 1.54) is 12.1 Å². The van der Waals surface area contributed by atoms with Crippen molar-refractivity contribution in [1.82, 2.24) is 10.2 Å². The molecule has 1 N–H and O–H groups in total. The van der Waals surface area contributed by atoms with Gasteiger partial charge in [0.1, 0.15) is 11.9 Å². The molecule has 1 fully saturated rings. The summed E-state index contributed by atoms with van der Waals surface area (Å²) in [6.07, 6.45) is 1.17. The van der Waals surface area contributed by atoms with Crippen LogP contribution < -0.4 is 5.32 Å². The highest BCUT2D eigenvalue weighted by Crippen LogP contribution is 2.25. The summed E-state index contributed by atoms with van der Waals surface area (Å²) in [7, 11) is 1.79. The van der Waals surface area contributed by atoms with Gasteiger partial charge in [-0.05, 0) is 44.9 Å². The maximum absolute atomic E-state index is 13.2. The molecule has 0 spiro atoms. The largest absolute Gasteiger partial charge is 0.379 e. The van der Waals surface area contributed by atoms with Gasteiger partial charge >= 0.3 is 0 Å². The van der Waals surface area contributed by atoms with E-state index in [1.54, 1.807) is 19.2 Å². The summed E-state index contributed by atoms with van der Waals surface area (Å²) < 4.78 is 24.8. The van der Waals surface area contributed by atoms with Crippen molar-refractivity contribution in [1.29, 1.82) is 0 Å². The lowest BCUT2D eigenvalue weighted by Gasteiger charge is -2.38. The second kappa shape index (κ2) is 9.73. The number of halogens is 1. The molecular formula is C19H30FN3O2. The van der Waals surface area contributed by atoms with Gasteiger partial charge in [-0.15, -0.1) is 0 Å². The third kappa shape index (κ3) is 6.29. The third-order valence-corrected chi connectivity index (χ3v) is 4.07. The van der Waals surface area contributed by atoms with Crippen molar-refractivity contribution in [2.24, 2.45) is 4.99 Å². The fraction of sp³-hybridized carbons (Fsp3) is 0.632. The molecule has 1 aromatic rings. The molecule has 1 aliphatic rings. The first-order valence-electron chi connectivity index (χ1n) is 8.97. The summed E-state index contributed by atoms with van der Waals surface area (Å²) >= 11 is 0. The maximum atomic E-state index is 13.2. The van der Waals surface area contributed by atoms with E-state index in [1.807, 2.05) is 20.8 Å². The second-order valence-corrected chi connectivity index (χ2v) is 6.64. The summed E-state index contributed by atoms with van der Waals surface area (Å²) in [6, 6.07) is 6.53. The number of benzene rings is 1. The third-order valence-electron chi connectivity index (χ3n) is 4.07. The highest BCUT2D eigenvalue weighted by atomic mass is 19.1. The minimum Gasteiger partial charge on any atom is -0.379 e. The van der Waals surface area contributed by atoms with E-state index in [0.29, 0.717) is 6.54 Å². The standard InChI is InChI=1S/C19H30FN3O2/c1-14(2)24-11-5-10-22-19(21-4)23-12-15(3)25-18(13-23)16-6-8-17(20)9-7-16/h6-9,14-15,18H,5,10-13H2,1-4H3,(H,21,22). The molecule has 2 atom stereocenters. The van der Waals surface area contributed by atoms with Crippen LogP contribution in [0.1, 0.15) is 38.9 Å². The summed E-state index contributed by atoms with van der Waals surface area (Å²) in [6.45, 7) is 9.14. The quantitative estimate of drug-likeness (QED) is 0.486. The number of hydrogen-bond donors (Lipinski definition) is 1. The van der Waals surface area contributed by atoms with E-state index in [4.69, 9.17) is 9.47 Å². The van der Waals surface area contributed by atoms with Gasteiger partial charge in [-0.1, -0.05) is 12.1 Å². The van der Waals surface area contributed by atoms with Crippen molar-refractivity contribution in [2.45, 2.75) is 45.5 Å². The van der Waals surface area contributed by atoms with Crippen LogP contribution in [0, 0.1) is 5.82 Å². The number of ether oxygens (including phenoxy) is 2. The fourth-order valence-electron chi connectivity index (χ4n) is 2.91. The van der Waals surface area contributed by atoms with Crippen LogP contribution in [0.4, 0.5) is 4.39 Å². The van der Waals surface area contributed by atoms with Crippen LogP contribution in [0.5, 0.6) is 0 Å². The van der Waals surface area contributed by atoms with Crippen LogP contribution in [0.15, 0.2) is 29.3 Å². The SMILES string of the molecule is CN=C(NCCCOC(C)C)N1CC(C)OC(c2ccc(F)cc2)C1. The summed E-state index contributed by atoms with van der Waals surface area (Å²) in [4.78, 5) is 6.60. The highest BCUT2D eigenvalue weighted by Gasteiger charge is 2.28. The number of rotatable bonds is 6. The van der Waals surface area contributed by atoms with E-state index in [9.17, 15) is 4.39 Å². The average molecular weight is 351 g/mol. The maximum Gasteiger partial charge on any atom is 0.193 e. The van der Waals surface area contributed by atoms with Crippen LogP contribution in [-0.4, -0.2) is 56.4 Å². The fourth-order valence-corrected chi connectivity index (χ4v) is 2.91. The van der Waals surface area contributed by atoms with Gasteiger partial charge in [0.2, 0.25) is 0 Å². The van der Waals surface area contributed by atoms with E-state index in [2.05, 4.69) is 15.2 Å². The molecule has 0 aliphatic carbocycles. The second-order valence-electron chi connectivity index (χ2n) is 6.64. The highest BCUT2D eigenvalue weighted by molar-refractivity contribution is 5.80. The Bertz CT molecular complexity index is 548. The molecule has 1 heterocycles. The molecule has 0 aromatic heterocycles. The van der Waals surface area contributed by atoms with Crippen molar-refractivity contribution in [3.8, 4) is 0 Å². The molecule has 0 saturated carbocycles. The van der Waals surface area contributed by atoms with Gasteiger partial charge in [-0.2, -0.15) is 0 Å². The van der Waals surface area contributed by atoms with Gasteiger partial charge in [0.15, 0.2) is 5.96 Å². The molecule has 25 heavy (non-hydrogen) atoms. The minimum absolute atomic E-state index is 0.0756. The monoisotopic (exact) mass is 351 g/mol. The predicted octanol–water partition coefficient (Wildman–Crippen LogP) is 2.98. The smallest absolute Gasteiger partial charge is 0.193 e. The first-order chi connectivity index (χ1) is 12.0. The van der Waals surface area contributed by atoms with Crippen molar-refractivity contribution in [3.05, 3.63) is 35.6 Å². The number of hydrogen-bond acceptors (Lipinski definition) is 3. The zero-order chi connectivity index (χ0) is 18.2. The van der Waals surface area contributed by atoms with E-state index >= 15 is 0 Å². The Hall–Kier alpha value is -1.66. The zero-order valence-electron chi connectivity index (χ0n) is 15.7. The van der Waals surface area contributed by atoms with Crippen LogP contribution in [0.2, 0.25) is 0 Å². The molecule has 0 bridgehead atoms. The minimum atomic E-state index is -0.231. The summed E-state index contributed by atoms with van der Waals surface area (Å²) in [5.74, 6) is 0.636. The van der Waals surface area contributed by atoms with Gasteiger partial charge in [-0.25, -0.2) is 4.39 Å². The Kier molecular flexibility index (Phi) is 7.65. The number of morpholine rings is 1. The van der Waals surface area contributed by atoms with E-state index in [0.717, 1.165) is 37.6 Å². The molecule has 140 valence electrons. The van der Waals surface area contributed by atoms with Gasteiger partial charge in [0.05, 0.1) is 18.8 Å². The Balaban J connectivity index is 1.91. The van der Waals surface area contributed by atoms with E-state index < -0.39 is 0 Å². The van der Waals surface area contributed by atoms with Gasteiger partial charge in [0.25, 0.3) is 0 Å². The van der Waals surface area contributed by atoms with Crippen molar-refractivity contribution >= 4 is 5.96 Å². The Morgan fingerprint density at radius 3 is 2.72 bits per heavy atom. The molecular weight excluding hydrogens is 321 g/mol. The zero-order valence-corrected chi connectivity index (χ0v) is 15.7. The molecule has 5 nitrogen and oxygen atoms in total. The Labute approximate surface area is 150 Å². The molecule has 0 amide bonds. The molecule has 2 rings (SSSR count). The van der Waals surface area contributed by atoms with E-state index in [-0.39, 0.29) is 24.1 Å². The Morgan fingerprint density at radius 1 is 1.36 bits per heavy atom. The van der Waals surface area contributed by atoms with Crippen molar-refractivity contribution < 1.29 is 13.9 Å². The summed E-state index contributed by atoms with van der Waals surface area (Å²) in [5.41, 5.74) is 0.985. The number of nitrogens with one attached hydrogen (secondary N) is 1. The van der Waals surface area contributed by atoms with Crippen LogP contribution in [0.25, 0.3) is 0 Å². The average Bonchev–Trinajstić information content (AvgIpc) is 2.58. The lowest BCUT2D eigenvalue weighted by atomic mass is 10.1. The Morgan fingerprint density at radius 2 is 2.08 bits per heavy atom. The normalized spacial score (nSPS) is 21.7. The molecule has 1 saturated heterocycles. The first kappa shape index (κ1) is 19.7. The molecule has 1 aromatic carbocycles.